The van der Waals surface area contributed by atoms with Crippen molar-refractivity contribution in [1.82, 2.24) is 0 Å². The molecule has 1 heteroatoms. The van der Waals surface area contributed by atoms with Crippen LogP contribution >= 0.6 is 0 Å². The van der Waals surface area contributed by atoms with Gasteiger partial charge >= 0.3 is 0 Å². The third-order valence-corrected chi connectivity index (χ3v) is 4.83. The normalized spacial score (nSPS) is 47.5. The number of hydrogen-bond acceptors (Lipinski definition) is 0. The molecule has 0 nitrogen and oxygen atoms in total. The summed E-state index contributed by atoms with van der Waals surface area (Å²) in [5.41, 5.74) is 0.588. The predicted octanol–water partition coefficient (Wildman–Crippen LogP) is 3.28. The van der Waals surface area contributed by atoms with Gasteiger partial charge in [0.1, 0.15) is 0 Å². The highest BCUT2D eigenvalue weighted by atomic mass is 14.6. The van der Waals surface area contributed by atoms with E-state index in [-0.39, 0.29) is 0 Å². The Morgan fingerprint density at radius 1 is 1.23 bits per heavy atom. The Labute approximate surface area is 83.9 Å². The minimum Gasteiger partial charge on any atom is -0.0738 e. The van der Waals surface area contributed by atoms with Gasteiger partial charge in [-0.3, -0.25) is 0 Å². The van der Waals surface area contributed by atoms with E-state index in [4.69, 9.17) is 7.85 Å². The Morgan fingerprint density at radius 2 is 1.85 bits per heavy atom. The van der Waals surface area contributed by atoms with Crippen LogP contribution in [0.4, 0.5) is 0 Å². The van der Waals surface area contributed by atoms with E-state index in [2.05, 4.69) is 27.7 Å². The SMILES string of the molecule is [B][C@@H]1C[C@@H]2C[C@H](C1C(C)C)C2(C)C. The Bertz CT molecular complexity index is 207. The first-order valence-electron chi connectivity index (χ1n) is 5.70. The number of hydrogen-bond donors (Lipinski definition) is 0. The predicted molar refractivity (Wildman–Crippen MR) is 57.8 cm³/mol. The lowest BCUT2D eigenvalue weighted by atomic mass is 9.39. The van der Waals surface area contributed by atoms with Gasteiger partial charge in [-0.1, -0.05) is 39.9 Å². The Hall–Kier alpha value is 0.0649. The average Bonchev–Trinajstić information content (AvgIpc) is 2.03. The molecule has 0 heterocycles. The van der Waals surface area contributed by atoms with Crippen molar-refractivity contribution in [3.05, 3.63) is 0 Å². The summed E-state index contributed by atoms with van der Waals surface area (Å²) in [5, 5.41) is 0. The molecule has 13 heavy (non-hydrogen) atoms. The maximum absolute atomic E-state index is 6.22. The van der Waals surface area contributed by atoms with Crippen molar-refractivity contribution in [3.8, 4) is 0 Å². The second-order valence-corrected chi connectivity index (χ2v) is 6.08. The molecule has 72 valence electrons. The van der Waals surface area contributed by atoms with E-state index in [1.165, 1.54) is 12.8 Å². The fourth-order valence-electron chi connectivity index (χ4n) is 3.85. The fourth-order valence-corrected chi connectivity index (χ4v) is 3.85. The van der Waals surface area contributed by atoms with Gasteiger partial charge in [0.05, 0.1) is 7.85 Å². The first-order chi connectivity index (χ1) is 5.94. The summed E-state index contributed by atoms with van der Waals surface area (Å²) in [6.07, 6.45) is 2.72. The first kappa shape index (κ1) is 9.61. The highest BCUT2D eigenvalue weighted by molar-refractivity contribution is 6.12. The summed E-state index contributed by atoms with van der Waals surface area (Å²) >= 11 is 0. The van der Waals surface area contributed by atoms with E-state index in [0.717, 1.165) is 23.7 Å². The smallest absolute Gasteiger partial charge is 0.0703 e. The van der Waals surface area contributed by atoms with Crippen molar-refractivity contribution in [2.24, 2.45) is 29.1 Å². The van der Waals surface area contributed by atoms with Crippen LogP contribution in [0.3, 0.4) is 0 Å². The van der Waals surface area contributed by atoms with Crippen LogP contribution in [0.25, 0.3) is 0 Å². The van der Waals surface area contributed by atoms with Crippen molar-refractivity contribution >= 4 is 7.85 Å². The third kappa shape index (κ3) is 1.19. The summed E-state index contributed by atoms with van der Waals surface area (Å²) in [4.78, 5) is 0. The van der Waals surface area contributed by atoms with E-state index in [0.29, 0.717) is 11.2 Å². The van der Waals surface area contributed by atoms with Crippen molar-refractivity contribution in [1.29, 1.82) is 0 Å². The molecule has 3 fully saturated rings. The molecule has 0 aliphatic heterocycles. The molecule has 0 aromatic rings. The van der Waals surface area contributed by atoms with Crippen LogP contribution in [0.5, 0.6) is 0 Å². The van der Waals surface area contributed by atoms with E-state index >= 15 is 0 Å². The van der Waals surface area contributed by atoms with Gasteiger partial charge < -0.3 is 0 Å². The zero-order valence-electron chi connectivity index (χ0n) is 9.38. The van der Waals surface area contributed by atoms with Gasteiger partial charge in [-0.05, 0) is 35.5 Å². The lowest BCUT2D eigenvalue weighted by molar-refractivity contribution is -0.116. The van der Waals surface area contributed by atoms with Crippen molar-refractivity contribution < 1.29 is 0 Å². The molecular weight excluding hydrogens is 155 g/mol. The topological polar surface area (TPSA) is 0 Å². The van der Waals surface area contributed by atoms with E-state index in [1.54, 1.807) is 0 Å². The molecule has 0 N–H and O–H groups in total. The second-order valence-electron chi connectivity index (χ2n) is 6.08. The van der Waals surface area contributed by atoms with E-state index in [1.807, 2.05) is 0 Å². The zero-order valence-corrected chi connectivity index (χ0v) is 9.38. The van der Waals surface area contributed by atoms with Gasteiger partial charge in [0.25, 0.3) is 0 Å². The molecule has 0 aromatic carbocycles. The van der Waals surface area contributed by atoms with Crippen LogP contribution in [-0.2, 0) is 0 Å². The molecular formula is C12H21B. The summed E-state index contributed by atoms with van der Waals surface area (Å²) in [6.45, 7) is 9.54. The Morgan fingerprint density at radius 3 is 2.23 bits per heavy atom. The average molecular weight is 176 g/mol. The maximum atomic E-state index is 6.22. The van der Waals surface area contributed by atoms with Gasteiger partial charge in [0.15, 0.2) is 0 Å². The highest BCUT2D eigenvalue weighted by Gasteiger charge is 2.56. The van der Waals surface area contributed by atoms with Gasteiger partial charge in [0.2, 0.25) is 0 Å². The minimum atomic E-state index is 0.483. The Balaban J connectivity index is 2.18. The van der Waals surface area contributed by atoms with Crippen LogP contribution in [0.1, 0.15) is 40.5 Å². The molecule has 3 saturated carbocycles. The maximum Gasteiger partial charge on any atom is 0.0703 e. The van der Waals surface area contributed by atoms with Gasteiger partial charge in [-0.2, -0.15) is 0 Å². The molecule has 4 atom stereocenters. The molecule has 0 saturated heterocycles. The van der Waals surface area contributed by atoms with Crippen LogP contribution in [-0.4, -0.2) is 7.85 Å². The van der Waals surface area contributed by atoms with Crippen LogP contribution in [0.2, 0.25) is 5.82 Å². The summed E-state index contributed by atoms with van der Waals surface area (Å²) in [5.74, 6) is 3.85. The van der Waals surface area contributed by atoms with Crippen LogP contribution in [0, 0.1) is 29.1 Å². The van der Waals surface area contributed by atoms with Crippen molar-refractivity contribution in [3.63, 3.8) is 0 Å². The standard InChI is InChI=1S/C12H21B/c1-7(2)11-9-5-8(6-10(11)13)12(9,3)4/h7-11H,5-6H2,1-4H3/t8-,9+,10+,11?/m0/s1. The third-order valence-electron chi connectivity index (χ3n) is 4.83. The number of rotatable bonds is 1. The zero-order chi connectivity index (χ0) is 9.80. The first-order valence-corrected chi connectivity index (χ1v) is 5.70. The monoisotopic (exact) mass is 176 g/mol. The van der Waals surface area contributed by atoms with Crippen molar-refractivity contribution in [2.45, 2.75) is 46.4 Å². The highest BCUT2D eigenvalue weighted by Crippen LogP contribution is 2.65. The molecule has 2 radical (unpaired) electrons. The molecule has 0 amide bonds. The summed E-state index contributed by atoms with van der Waals surface area (Å²) in [6, 6.07) is 0. The largest absolute Gasteiger partial charge is 0.0738 e. The summed E-state index contributed by atoms with van der Waals surface area (Å²) in [7, 11) is 6.22. The molecule has 1 unspecified atom stereocenters. The van der Waals surface area contributed by atoms with E-state index < -0.39 is 0 Å². The second kappa shape index (κ2) is 2.78. The summed E-state index contributed by atoms with van der Waals surface area (Å²) < 4.78 is 0. The minimum absolute atomic E-state index is 0.483. The van der Waals surface area contributed by atoms with Crippen LogP contribution < -0.4 is 0 Å². The fraction of sp³-hybridized carbons (Fsp3) is 1.00. The molecule has 3 rings (SSSR count). The molecule has 3 aliphatic rings. The number of fused-ring (bicyclic) bond motifs is 2. The van der Waals surface area contributed by atoms with Gasteiger partial charge in [0, 0.05) is 0 Å². The van der Waals surface area contributed by atoms with Crippen LogP contribution in [0.15, 0.2) is 0 Å². The molecule has 0 spiro atoms. The van der Waals surface area contributed by atoms with Crippen molar-refractivity contribution in [2.75, 3.05) is 0 Å². The molecule has 0 aromatic heterocycles. The quantitative estimate of drug-likeness (QED) is 0.538. The van der Waals surface area contributed by atoms with E-state index in [9.17, 15) is 0 Å². The van der Waals surface area contributed by atoms with Gasteiger partial charge in [-0.25, -0.2) is 0 Å². The molecule has 3 aliphatic carbocycles. The lowest BCUT2D eigenvalue weighted by Crippen LogP contribution is -2.55. The molecule has 2 bridgehead atoms. The lowest BCUT2D eigenvalue weighted by Gasteiger charge is -2.63. The van der Waals surface area contributed by atoms with Gasteiger partial charge in [-0.15, -0.1) is 0 Å². The Kier molecular flexibility index (Phi) is 2.05.